The van der Waals surface area contributed by atoms with Gasteiger partial charge in [-0.15, -0.1) is 0 Å². The Balaban J connectivity index is 1.36. The molecule has 2 bridgehead atoms. The summed E-state index contributed by atoms with van der Waals surface area (Å²) >= 11 is 6.03. The topological polar surface area (TPSA) is 62.6 Å². The number of sulfonamides is 1. The zero-order valence-corrected chi connectivity index (χ0v) is 22.3. The van der Waals surface area contributed by atoms with Crippen molar-refractivity contribution in [2.45, 2.75) is 23.8 Å². The Morgan fingerprint density at radius 1 is 0.865 bits per heavy atom. The van der Waals surface area contributed by atoms with Gasteiger partial charge in [0.1, 0.15) is 0 Å². The maximum atomic E-state index is 14.0. The lowest BCUT2D eigenvalue weighted by Gasteiger charge is -2.42. The monoisotopic (exact) mass is 533 g/mol. The maximum Gasteiger partial charge on any atom is 0.258 e. The summed E-state index contributed by atoms with van der Waals surface area (Å²) < 4.78 is 31.5. The first-order chi connectivity index (χ1) is 17.7. The Kier molecular flexibility index (Phi) is 5.90. The Morgan fingerprint density at radius 2 is 1.59 bits per heavy atom. The molecule has 1 saturated heterocycles. The van der Waals surface area contributed by atoms with Crippen LogP contribution in [-0.2, 0) is 16.6 Å². The normalized spacial score (nSPS) is 19.5. The first kappa shape index (κ1) is 24.2. The van der Waals surface area contributed by atoms with Crippen LogP contribution in [0.2, 0.25) is 5.02 Å². The van der Waals surface area contributed by atoms with E-state index in [-0.39, 0.29) is 17.4 Å². The highest BCUT2D eigenvalue weighted by atomic mass is 35.5. The number of hydrogen-bond donors (Lipinski definition) is 0. The molecule has 3 heterocycles. The standard InChI is InChI=1S/C29H28ClN3O3S/c1-31(2)27-7-3-6-25-24(27)5-4-8-28(25)37(35,36)32-16-19-15-21(18-32)26-14-13-23(29(34)33(26)17-19)20-9-11-22(30)12-10-20/h3-14,19,21H,15-18H2,1-2H3/t19-,21+/m0/s1. The van der Waals surface area contributed by atoms with Crippen LogP contribution < -0.4 is 10.5 Å². The highest BCUT2D eigenvalue weighted by Crippen LogP contribution is 2.39. The highest BCUT2D eigenvalue weighted by Gasteiger charge is 2.40. The highest BCUT2D eigenvalue weighted by molar-refractivity contribution is 7.89. The minimum absolute atomic E-state index is 0.0263. The van der Waals surface area contributed by atoms with Crippen LogP contribution in [0.25, 0.3) is 21.9 Å². The number of piperidine rings is 1. The van der Waals surface area contributed by atoms with Crippen LogP contribution in [-0.4, -0.2) is 44.5 Å². The van der Waals surface area contributed by atoms with Gasteiger partial charge in [-0.3, -0.25) is 4.79 Å². The van der Waals surface area contributed by atoms with Crippen molar-refractivity contribution in [3.8, 4) is 11.1 Å². The van der Waals surface area contributed by atoms with Crippen molar-refractivity contribution < 1.29 is 8.42 Å². The van der Waals surface area contributed by atoms with E-state index in [4.69, 9.17) is 11.6 Å². The number of rotatable bonds is 4. The molecule has 4 aromatic rings. The molecule has 0 amide bonds. The van der Waals surface area contributed by atoms with Gasteiger partial charge >= 0.3 is 0 Å². The number of pyridine rings is 1. The van der Waals surface area contributed by atoms with Gasteiger partial charge in [-0.05, 0) is 54.3 Å². The van der Waals surface area contributed by atoms with Crippen LogP contribution in [0.3, 0.4) is 0 Å². The van der Waals surface area contributed by atoms with E-state index in [2.05, 4.69) is 0 Å². The van der Waals surface area contributed by atoms with E-state index < -0.39 is 10.0 Å². The first-order valence-electron chi connectivity index (χ1n) is 12.4. The predicted octanol–water partition coefficient (Wildman–Crippen LogP) is 5.20. The fourth-order valence-electron chi connectivity index (χ4n) is 5.97. The number of hydrogen-bond acceptors (Lipinski definition) is 4. The first-order valence-corrected chi connectivity index (χ1v) is 14.2. The number of halogens is 1. The quantitative estimate of drug-likeness (QED) is 0.362. The summed E-state index contributed by atoms with van der Waals surface area (Å²) in [6.45, 7) is 1.28. The van der Waals surface area contributed by atoms with E-state index in [1.807, 2.05) is 78.2 Å². The summed E-state index contributed by atoms with van der Waals surface area (Å²) in [5.74, 6) is 0.0491. The lowest BCUT2D eigenvalue weighted by Crippen LogP contribution is -2.49. The third-order valence-corrected chi connectivity index (χ3v) is 9.83. The fraction of sp³-hybridized carbons (Fsp3) is 0.276. The molecule has 1 aromatic heterocycles. The second-order valence-corrected chi connectivity index (χ2v) is 12.6. The maximum absolute atomic E-state index is 14.0. The van der Waals surface area contributed by atoms with Crippen molar-refractivity contribution in [1.82, 2.24) is 8.87 Å². The van der Waals surface area contributed by atoms with Crippen LogP contribution in [0, 0.1) is 5.92 Å². The molecule has 0 spiro atoms. The molecule has 2 atom stereocenters. The van der Waals surface area contributed by atoms with Gasteiger partial charge in [0.25, 0.3) is 5.56 Å². The summed E-state index contributed by atoms with van der Waals surface area (Å²) in [6.07, 6.45) is 0.881. The molecule has 6 rings (SSSR count). The Morgan fingerprint density at radius 3 is 2.35 bits per heavy atom. The molecule has 2 aliphatic heterocycles. The molecule has 37 heavy (non-hydrogen) atoms. The summed E-state index contributed by atoms with van der Waals surface area (Å²) in [6, 6.07) is 22.4. The third-order valence-electron chi connectivity index (χ3n) is 7.68. The molecule has 2 aliphatic rings. The average Bonchev–Trinajstić information content (AvgIpc) is 2.89. The van der Waals surface area contributed by atoms with E-state index in [0.29, 0.717) is 35.1 Å². The van der Waals surface area contributed by atoms with Gasteiger partial charge in [-0.25, -0.2) is 8.42 Å². The van der Waals surface area contributed by atoms with Gasteiger partial charge in [0, 0.05) is 72.4 Å². The number of aromatic nitrogens is 1. The summed E-state index contributed by atoms with van der Waals surface area (Å²) in [4.78, 5) is 15.8. The molecule has 8 heteroatoms. The van der Waals surface area contributed by atoms with Gasteiger partial charge < -0.3 is 9.47 Å². The molecule has 1 fully saturated rings. The van der Waals surface area contributed by atoms with Gasteiger partial charge in [-0.1, -0.05) is 48.0 Å². The van der Waals surface area contributed by atoms with Gasteiger partial charge in [0.05, 0.1) is 4.90 Å². The van der Waals surface area contributed by atoms with Gasteiger partial charge in [0.15, 0.2) is 0 Å². The molecule has 0 aliphatic carbocycles. The van der Waals surface area contributed by atoms with Crippen molar-refractivity contribution in [1.29, 1.82) is 0 Å². The van der Waals surface area contributed by atoms with Crippen LogP contribution in [0.5, 0.6) is 0 Å². The molecule has 0 unspecified atom stereocenters. The van der Waals surface area contributed by atoms with Crippen molar-refractivity contribution >= 4 is 38.1 Å². The minimum Gasteiger partial charge on any atom is -0.377 e. The largest absolute Gasteiger partial charge is 0.377 e. The SMILES string of the molecule is CN(C)c1cccc2c(S(=O)(=O)N3C[C@@H]4C[C@H](C3)c3ccc(-c5ccc(Cl)cc5)c(=O)n3C4)cccc12. The van der Waals surface area contributed by atoms with Crippen molar-refractivity contribution in [2.75, 3.05) is 32.1 Å². The molecule has 190 valence electrons. The molecule has 0 radical (unpaired) electrons. The minimum atomic E-state index is -3.73. The lowest BCUT2D eigenvalue weighted by atomic mass is 9.84. The third kappa shape index (κ3) is 4.06. The van der Waals surface area contributed by atoms with Crippen molar-refractivity contribution in [3.05, 3.63) is 93.9 Å². The number of anilines is 1. The molecule has 0 N–H and O–H groups in total. The fourth-order valence-corrected chi connectivity index (χ4v) is 7.86. The smallest absolute Gasteiger partial charge is 0.258 e. The average molecular weight is 534 g/mol. The summed E-state index contributed by atoms with van der Waals surface area (Å²) in [5, 5.41) is 2.27. The summed E-state index contributed by atoms with van der Waals surface area (Å²) in [5.41, 5.74) is 3.33. The van der Waals surface area contributed by atoms with Crippen molar-refractivity contribution in [2.24, 2.45) is 5.92 Å². The van der Waals surface area contributed by atoms with Crippen LogP contribution >= 0.6 is 11.6 Å². The molecule has 0 saturated carbocycles. The molecule has 6 nitrogen and oxygen atoms in total. The summed E-state index contributed by atoms with van der Waals surface area (Å²) in [7, 11) is 0.190. The number of nitrogens with zero attached hydrogens (tertiary/aromatic N) is 3. The predicted molar refractivity (Wildman–Crippen MR) is 149 cm³/mol. The van der Waals surface area contributed by atoms with E-state index in [0.717, 1.165) is 34.1 Å². The van der Waals surface area contributed by atoms with Crippen LogP contribution in [0.15, 0.2) is 82.5 Å². The zero-order valence-electron chi connectivity index (χ0n) is 20.8. The van der Waals surface area contributed by atoms with Gasteiger partial charge in [0.2, 0.25) is 10.0 Å². The number of benzene rings is 3. The Hall–Kier alpha value is -3.13. The van der Waals surface area contributed by atoms with E-state index in [9.17, 15) is 13.2 Å². The van der Waals surface area contributed by atoms with E-state index in [1.54, 1.807) is 22.5 Å². The van der Waals surface area contributed by atoms with Gasteiger partial charge in [-0.2, -0.15) is 4.31 Å². The second kappa shape index (κ2) is 9.01. The molecular formula is C29H28ClN3O3S. The lowest BCUT2D eigenvalue weighted by molar-refractivity contribution is 0.186. The Labute approximate surface area is 221 Å². The van der Waals surface area contributed by atoms with Crippen molar-refractivity contribution in [3.63, 3.8) is 0 Å². The van der Waals surface area contributed by atoms with E-state index in [1.165, 1.54) is 0 Å². The second-order valence-electron chi connectivity index (χ2n) is 10.2. The van der Waals surface area contributed by atoms with Crippen LogP contribution in [0.1, 0.15) is 18.0 Å². The van der Waals surface area contributed by atoms with Crippen LogP contribution in [0.4, 0.5) is 5.69 Å². The Bertz CT molecular complexity index is 1680. The number of fused-ring (bicyclic) bond motifs is 5. The molecular weight excluding hydrogens is 506 g/mol. The molecule has 3 aromatic carbocycles. The zero-order chi connectivity index (χ0) is 25.9. The van der Waals surface area contributed by atoms with E-state index >= 15 is 0 Å².